The number of benzene rings is 1. The lowest BCUT2D eigenvalue weighted by Gasteiger charge is -2.07. The zero-order chi connectivity index (χ0) is 13.3. The molecule has 0 aliphatic rings. The molecule has 0 atom stereocenters. The molecule has 0 spiro atoms. The van der Waals surface area contributed by atoms with Crippen LogP contribution in [-0.4, -0.2) is 17.1 Å². The Morgan fingerprint density at radius 3 is 2.28 bits per heavy atom. The number of ether oxygens (including phenoxy) is 1. The summed E-state index contributed by atoms with van der Waals surface area (Å²) in [6, 6.07) is 5.65. The zero-order valence-electron chi connectivity index (χ0n) is 9.67. The SMILES string of the molecule is COc1ccc(-c2nc(Cl)c(Br)c(Cl)n2)cc1C. The van der Waals surface area contributed by atoms with E-state index in [9.17, 15) is 0 Å². The fourth-order valence-corrected chi connectivity index (χ4v) is 2.11. The van der Waals surface area contributed by atoms with E-state index in [1.165, 1.54) is 0 Å². The Bertz CT molecular complexity index is 582. The van der Waals surface area contributed by atoms with Crippen molar-refractivity contribution in [3.8, 4) is 17.1 Å². The fourth-order valence-electron chi connectivity index (χ4n) is 1.54. The van der Waals surface area contributed by atoms with E-state index in [1.807, 2.05) is 25.1 Å². The third-order valence-corrected chi connectivity index (χ3v) is 4.18. The molecule has 0 aliphatic carbocycles. The first-order valence-corrected chi connectivity index (χ1v) is 6.61. The monoisotopic (exact) mass is 346 g/mol. The van der Waals surface area contributed by atoms with Crippen molar-refractivity contribution in [1.29, 1.82) is 0 Å². The van der Waals surface area contributed by atoms with Gasteiger partial charge in [0.1, 0.15) is 16.1 Å². The van der Waals surface area contributed by atoms with Gasteiger partial charge in [0, 0.05) is 5.56 Å². The largest absolute Gasteiger partial charge is 0.496 e. The Balaban J connectivity index is 2.52. The fraction of sp³-hybridized carbons (Fsp3) is 0.167. The molecule has 0 amide bonds. The van der Waals surface area contributed by atoms with Gasteiger partial charge in [-0.3, -0.25) is 0 Å². The number of aryl methyl sites for hydroxylation is 1. The van der Waals surface area contributed by atoms with Crippen LogP contribution in [-0.2, 0) is 0 Å². The number of hydrogen-bond donors (Lipinski definition) is 0. The van der Waals surface area contributed by atoms with E-state index in [0.29, 0.717) is 20.6 Å². The molecule has 0 aliphatic heterocycles. The second-order valence-corrected chi connectivity index (χ2v) is 5.14. The molecule has 0 saturated carbocycles. The molecule has 18 heavy (non-hydrogen) atoms. The molecule has 6 heteroatoms. The molecule has 0 bridgehead atoms. The molecule has 2 rings (SSSR count). The van der Waals surface area contributed by atoms with E-state index in [4.69, 9.17) is 27.9 Å². The molecule has 0 radical (unpaired) electrons. The van der Waals surface area contributed by atoms with E-state index in [-0.39, 0.29) is 0 Å². The summed E-state index contributed by atoms with van der Waals surface area (Å²) < 4.78 is 5.70. The molecule has 1 aromatic carbocycles. The van der Waals surface area contributed by atoms with Crippen LogP contribution >= 0.6 is 39.1 Å². The van der Waals surface area contributed by atoms with E-state index >= 15 is 0 Å². The van der Waals surface area contributed by atoms with Crippen LogP contribution in [0.4, 0.5) is 0 Å². The third kappa shape index (κ3) is 2.60. The average Bonchev–Trinajstić information content (AvgIpc) is 2.35. The van der Waals surface area contributed by atoms with Crippen LogP contribution in [0.5, 0.6) is 5.75 Å². The Morgan fingerprint density at radius 2 is 1.78 bits per heavy atom. The molecule has 3 nitrogen and oxygen atoms in total. The summed E-state index contributed by atoms with van der Waals surface area (Å²) in [5.41, 5.74) is 1.83. The summed E-state index contributed by atoms with van der Waals surface area (Å²) in [6.45, 7) is 1.95. The predicted octanol–water partition coefficient (Wildman–Crippen LogP) is 4.53. The van der Waals surface area contributed by atoms with E-state index in [0.717, 1.165) is 16.9 Å². The molecule has 0 fully saturated rings. The van der Waals surface area contributed by atoms with Crippen LogP contribution in [0.1, 0.15) is 5.56 Å². The highest BCUT2D eigenvalue weighted by molar-refractivity contribution is 9.10. The minimum Gasteiger partial charge on any atom is -0.496 e. The lowest BCUT2D eigenvalue weighted by molar-refractivity contribution is 0.412. The maximum atomic E-state index is 5.96. The van der Waals surface area contributed by atoms with E-state index in [1.54, 1.807) is 7.11 Å². The van der Waals surface area contributed by atoms with Crippen molar-refractivity contribution in [2.75, 3.05) is 7.11 Å². The Morgan fingerprint density at radius 1 is 1.17 bits per heavy atom. The standard InChI is InChI=1S/C12H9BrCl2N2O/c1-6-5-7(3-4-8(6)18-2)12-16-10(14)9(13)11(15)17-12/h3-5H,1-2H3. The van der Waals surface area contributed by atoms with Crippen LogP contribution in [0.25, 0.3) is 11.4 Å². The van der Waals surface area contributed by atoms with Crippen molar-refractivity contribution in [3.05, 3.63) is 38.5 Å². The molecule has 2 aromatic rings. The highest BCUT2D eigenvalue weighted by atomic mass is 79.9. The van der Waals surface area contributed by atoms with Crippen LogP contribution in [0, 0.1) is 6.92 Å². The number of aromatic nitrogens is 2. The molecule has 0 unspecified atom stereocenters. The van der Waals surface area contributed by atoms with E-state index < -0.39 is 0 Å². The summed E-state index contributed by atoms with van der Waals surface area (Å²) in [6.07, 6.45) is 0. The first-order valence-electron chi connectivity index (χ1n) is 5.06. The van der Waals surface area contributed by atoms with Crippen molar-refractivity contribution in [2.24, 2.45) is 0 Å². The minimum absolute atomic E-state index is 0.290. The molecular weight excluding hydrogens is 339 g/mol. The lowest BCUT2D eigenvalue weighted by Crippen LogP contribution is -1.93. The van der Waals surface area contributed by atoms with Gasteiger partial charge >= 0.3 is 0 Å². The molecule has 94 valence electrons. The van der Waals surface area contributed by atoms with Gasteiger partial charge in [-0.15, -0.1) is 0 Å². The van der Waals surface area contributed by atoms with Crippen molar-refractivity contribution in [2.45, 2.75) is 6.92 Å². The van der Waals surface area contributed by atoms with E-state index in [2.05, 4.69) is 25.9 Å². The number of halogens is 3. The summed E-state index contributed by atoms with van der Waals surface area (Å²) in [5, 5.41) is 0.581. The maximum absolute atomic E-state index is 5.96. The van der Waals surface area contributed by atoms with Crippen LogP contribution < -0.4 is 4.74 Å². The summed E-state index contributed by atoms with van der Waals surface area (Å²) in [7, 11) is 1.63. The first-order chi connectivity index (χ1) is 8.52. The van der Waals surface area contributed by atoms with Crippen molar-refractivity contribution in [3.63, 3.8) is 0 Å². The molecular formula is C12H9BrCl2N2O. The average molecular weight is 348 g/mol. The van der Waals surface area contributed by atoms with Gasteiger partial charge in [-0.25, -0.2) is 9.97 Å². The van der Waals surface area contributed by atoms with Crippen LogP contribution in [0.2, 0.25) is 10.3 Å². The number of hydrogen-bond acceptors (Lipinski definition) is 3. The van der Waals surface area contributed by atoms with Gasteiger partial charge in [-0.2, -0.15) is 0 Å². The third-order valence-electron chi connectivity index (χ3n) is 2.42. The second kappa shape index (κ2) is 5.43. The Labute approximate surface area is 123 Å². The highest BCUT2D eigenvalue weighted by Crippen LogP contribution is 2.31. The normalized spacial score (nSPS) is 10.5. The van der Waals surface area contributed by atoms with Crippen LogP contribution in [0.3, 0.4) is 0 Å². The Kier molecular flexibility index (Phi) is 4.10. The van der Waals surface area contributed by atoms with Gasteiger partial charge in [0.2, 0.25) is 0 Å². The minimum atomic E-state index is 0.290. The quantitative estimate of drug-likeness (QED) is 0.748. The first kappa shape index (κ1) is 13.6. The summed E-state index contributed by atoms with van der Waals surface area (Å²) in [4.78, 5) is 8.37. The van der Waals surface area contributed by atoms with Crippen molar-refractivity contribution in [1.82, 2.24) is 9.97 Å². The second-order valence-electron chi connectivity index (χ2n) is 3.63. The lowest BCUT2D eigenvalue weighted by atomic mass is 10.1. The van der Waals surface area contributed by atoms with Gasteiger partial charge in [0.05, 0.1) is 11.6 Å². The van der Waals surface area contributed by atoms with Gasteiger partial charge in [0.15, 0.2) is 5.82 Å². The number of rotatable bonds is 2. The van der Waals surface area contributed by atoms with Gasteiger partial charge in [-0.05, 0) is 46.6 Å². The van der Waals surface area contributed by atoms with Gasteiger partial charge in [0.25, 0.3) is 0 Å². The topological polar surface area (TPSA) is 35.0 Å². The van der Waals surface area contributed by atoms with Gasteiger partial charge in [-0.1, -0.05) is 23.2 Å². The van der Waals surface area contributed by atoms with Crippen molar-refractivity contribution < 1.29 is 4.74 Å². The molecule has 0 N–H and O–H groups in total. The smallest absolute Gasteiger partial charge is 0.162 e. The number of methoxy groups -OCH3 is 1. The zero-order valence-corrected chi connectivity index (χ0v) is 12.8. The molecule has 1 heterocycles. The predicted molar refractivity (Wildman–Crippen MR) is 76.5 cm³/mol. The highest BCUT2D eigenvalue weighted by Gasteiger charge is 2.11. The van der Waals surface area contributed by atoms with Gasteiger partial charge < -0.3 is 4.74 Å². The van der Waals surface area contributed by atoms with Crippen LogP contribution in [0.15, 0.2) is 22.7 Å². The summed E-state index contributed by atoms with van der Waals surface area (Å²) >= 11 is 15.1. The Hall–Kier alpha value is -0.840. The summed E-state index contributed by atoms with van der Waals surface area (Å²) in [5.74, 6) is 1.30. The molecule has 1 aromatic heterocycles. The number of nitrogens with zero attached hydrogens (tertiary/aromatic N) is 2. The molecule has 0 saturated heterocycles. The maximum Gasteiger partial charge on any atom is 0.162 e. The van der Waals surface area contributed by atoms with Crippen molar-refractivity contribution >= 4 is 39.1 Å².